The molecule has 0 radical (unpaired) electrons. The van der Waals surface area contributed by atoms with Crippen LogP contribution in [0.2, 0.25) is 0 Å². The average molecular weight is 337 g/mol. The maximum Gasteiger partial charge on any atom is 0.341 e. The zero-order chi connectivity index (χ0) is 17.1. The molecule has 23 heavy (non-hydrogen) atoms. The summed E-state index contributed by atoms with van der Waals surface area (Å²) in [6, 6.07) is 1.41. The van der Waals surface area contributed by atoms with E-state index in [1.54, 1.807) is 6.92 Å². The Morgan fingerprint density at radius 2 is 2.09 bits per heavy atom. The number of amides is 1. The van der Waals surface area contributed by atoms with Gasteiger partial charge in [-0.25, -0.2) is 9.48 Å². The van der Waals surface area contributed by atoms with Crippen LogP contribution in [0.25, 0.3) is 0 Å². The molecule has 2 heterocycles. The zero-order valence-electron chi connectivity index (χ0n) is 12.7. The molecule has 0 aliphatic heterocycles. The highest BCUT2D eigenvalue weighted by atomic mass is 32.1. The van der Waals surface area contributed by atoms with Gasteiger partial charge in [0.25, 0.3) is 5.91 Å². The second-order valence-electron chi connectivity index (χ2n) is 4.70. The molecule has 0 unspecified atom stereocenters. The van der Waals surface area contributed by atoms with Crippen molar-refractivity contribution < 1.29 is 24.2 Å². The molecule has 8 nitrogen and oxygen atoms in total. The molecule has 0 saturated carbocycles. The Balaban J connectivity index is 2.31. The Morgan fingerprint density at radius 1 is 1.39 bits per heavy atom. The number of carboxylic acid groups (broad SMARTS) is 1. The van der Waals surface area contributed by atoms with Crippen molar-refractivity contribution in [3.63, 3.8) is 0 Å². The third kappa shape index (κ3) is 3.39. The van der Waals surface area contributed by atoms with E-state index >= 15 is 0 Å². The number of aromatic nitrogens is 2. The third-order valence-electron chi connectivity index (χ3n) is 3.24. The highest BCUT2D eigenvalue weighted by Gasteiger charge is 2.23. The van der Waals surface area contributed by atoms with Crippen molar-refractivity contribution in [2.45, 2.75) is 20.4 Å². The lowest BCUT2D eigenvalue weighted by Gasteiger charge is -2.07. The lowest BCUT2D eigenvalue weighted by atomic mass is 10.1. The summed E-state index contributed by atoms with van der Waals surface area (Å²) < 4.78 is 5.81. The lowest BCUT2D eigenvalue weighted by Crippen LogP contribution is -2.21. The molecule has 9 heteroatoms. The van der Waals surface area contributed by atoms with Crippen LogP contribution < -0.4 is 5.32 Å². The number of thiophene rings is 1. The monoisotopic (exact) mass is 337 g/mol. The summed E-state index contributed by atoms with van der Waals surface area (Å²) in [6.07, 6.45) is 1.34. The zero-order valence-corrected chi connectivity index (χ0v) is 13.6. The molecule has 1 amide bonds. The molecule has 0 atom stereocenters. The number of aliphatic carboxylic acids is 1. The predicted molar refractivity (Wildman–Crippen MR) is 82.9 cm³/mol. The number of carbonyl (C=O) groups excluding carboxylic acids is 2. The van der Waals surface area contributed by atoms with Gasteiger partial charge in [0.1, 0.15) is 17.2 Å². The van der Waals surface area contributed by atoms with Gasteiger partial charge in [-0.2, -0.15) is 5.10 Å². The molecule has 2 rings (SSSR count). The maximum atomic E-state index is 12.4. The molecule has 0 aliphatic rings. The number of anilines is 1. The predicted octanol–water partition coefficient (Wildman–Crippen LogP) is 1.68. The minimum atomic E-state index is -1.11. The van der Waals surface area contributed by atoms with Crippen molar-refractivity contribution in [2.75, 3.05) is 12.4 Å². The number of nitrogens with one attached hydrogen (secondary N) is 1. The number of esters is 1. The van der Waals surface area contributed by atoms with Crippen molar-refractivity contribution in [3.05, 3.63) is 34.0 Å². The van der Waals surface area contributed by atoms with E-state index in [1.807, 2.05) is 6.92 Å². The first-order chi connectivity index (χ1) is 10.8. The average Bonchev–Trinajstić information content (AvgIpc) is 3.03. The number of ether oxygens (including phenoxy) is 1. The fourth-order valence-electron chi connectivity index (χ4n) is 2.01. The van der Waals surface area contributed by atoms with Gasteiger partial charge in [0.05, 0.1) is 12.7 Å². The van der Waals surface area contributed by atoms with Crippen molar-refractivity contribution in [2.24, 2.45) is 0 Å². The van der Waals surface area contributed by atoms with Crippen LogP contribution in [0, 0.1) is 13.8 Å². The molecular formula is C14H15N3O5S. The number of hydrogen-bond acceptors (Lipinski definition) is 6. The van der Waals surface area contributed by atoms with Gasteiger partial charge in [0.15, 0.2) is 0 Å². The van der Waals surface area contributed by atoms with Crippen molar-refractivity contribution in [1.82, 2.24) is 9.78 Å². The summed E-state index contributed by atoms with van der Waals surface area (Å²) in [5, 5.41) is 15.6. The number of hydrogen-bond donors (Lipinski definition) is 2. The molecule has 122 valence electrons. The highest BCUT2D eigenvalue weighted by molar-refractivity contribution is 7.16. The van der Waals surface area contributed by atoms with Crippen LogP contribution in [0.5, 0.6) is 0 Å². The van der Waals surface area contributed by atoms with E-state index in [1.165, 1.54) is 30.7 Å². The van der Waals surface area contributed by atoms with Gasteiger partial charge in [-0.3, -0.25) is 9.59 Å². The number of nitrogens with zero attached hydrogens (tertiary/aromatic N) is 2. The van der Waals surface area contributed by atoms with Crippen molar-refractivity contribution >= 4 is 34.2 Å². The van der Waals surface area contributed by atoms with Gasteiger partial charge in [-0.15, -0.1) is 11.3 Å². The molecule has 2 aromatic heterocycles. The molecule has 0 fully saturated rings. The first kappa shape index (κ1) is 16.7. The van der Waals surface area contributed by atoms with Gasteiger partial charge < -0.3 is 15.2 Å². The number of methoxy groups -OCH3 is 1. The van der Waals surface area contributed by atoms with E-state index in [0.717, 1.165) is 15.1 Å². The van der Waals surface area contributed by atoms with Crippen LogP contribution >= 0.6 is 11.3 Å². The van der Waals surface area contributed by atoms with E-state index in [4.69, 9.17) is 9.84 Å². The van der Waals surface area contributed by atoms with E-state index in [9.17, 15) is 14.4 Å². The highest BCUT2D eigenvalue weighted by Crippen LogP contribution is 2.33. The minimum absolute atomic E-state index is 0.0897. The fourth-order valence-corrected chi connectivity index (χ4v) is 3.05. The van der Waals surface area contributed by atoms with Crippen LogP contribution in [0.4, 0.5) is 5.00 Å². The summed E-state index contributed by atoms with van der Waals surface area (Å²) in [4.78, 5) is 35.9. The van der Waals surface area contributed by atoms with Crippen LogP contribution in [0.3, 0.4) is 0 Å². The Bertz CT molecular complexity index is 777. The van der Waals surface area contributed by atoms with Gasteiger partial charge >= 0.3 is 11.9 Å². The third-order valence-corrected chi connectivity index (χ3v) is 4.36. The Labute approximate surface area is 135 Å². The van der Waals surface area contributed by atoms with E-state index in [-0.39, 0.29) is 5.69 Å². The number of carboxylic acids is 1. The van der Waals surface area contributed by atoms with E-state index in [2.05, 4.69) is 10.4 Å². The summed E-state index contributed by atoms with van der Waals surface area (Å²) in [5.41, 5.74) is 1.12. The second kappa shape index (κ2) is 6.61. The van der Waals surface area contributed by atoms with E-state index in [0.29, 0.717) is 10.6 Å². The quantitative estimate of drug-likeness (QED) is 0.803. The summed E-state index contributed by atoms with van der Waals surface area (Å²) in [5.74, 6) is -2.20. The molecule has 0 spiro atoms. The molecule has 0 bridgehead atoms. The van der Waals surface area contributed by atoms with Crippen molar-refractivity contribution in [1.29, 1.82) is 0 Å². The molecule has 0 saturated heterocycles. The standard InChI is InChI=1S/C14H15N3O5S/c1-7-8(2)23-13(11(7)14(21)22-3)16-12(20)9-4-5-15-17(9)6-10(18)19/h4-5H,6H2,1-3H3,(H,16,20)(H,18,19). The van der Waals surface area contributed by atoms with Crippen LogP contribution in [0.1, 0.15) is 31.3 Å². The minimum Gasteiger partial charge on any atom is -0.480 e. The van der Waals surface area contributed by atoms with Crippen LogP contribution in [-0.4, -0.2) is 39.8 Å². The van der Waals surface area contributed by atoms with Crippen LogP contribution in [-0.2, 0) is 16.1 Å². The van der Waals surface area contributed by atoms with Gasteiger partial charge in [-0.05, 0) is 25.5 Å². The number of carbonyl (C=O) groups is 3. The first-order valence-corrected chi connectivity index (χ1v) is 7.40. The Morgan fingerprint density at radius 3 is 2.70 bits per heavy atom. The smallest absolute Gasteiger partial charge is 0.341 e. The first-order valence-electron chi connectivity index (χ1n) is 6.58. The van der Waals surface area contributed by atoms with Crippen LogP contribution in [0.15, 0.2) is 12.3 Å². The molecule has 2 aromatic rings. The fraction of sp³-hybridized carbons (Fsp3) is 0.286. The largest absolute Gasteiger partial charge is 0.480 e. The molecule has 0 aromatic carbocycles. The summed E-state index contributed by atoms with van der Waals surface area (Å²) >= 11 is 1.25. The normalized spacial score (nSPS) is 10.4. The lowest BCUT2D eigenvalue weighted by molar-refractivity contribution is -0.137. The molecular weight excluding hydrogens is 322 g/mol. The maximum absolute atomic E-state index is 12.4. The van der Waals surface area contributed by atoms with Crippen molar-refractivity contribution in [3.8, 4) is 0 Å². The Hall–Kier alpha value is -2.68. The van der Waals surface area contributed by atoms with E-state index < -0.39 is 24.4 Å². The van der Waals surface area contributed by atoms with Gasteiger partial charge in [0.2, 0.25) is 0 Å². The summed E-state index contributed by atoms with van der Waals surface area (Å²) in [7, 11) is 1.27. The molecule has 0 aliphatic carbocycles. The number of rotatable bonds is 5. The van der Waals surface area contributed by atoms with Gasteiger partial charge in [0, 0.05) is 11.1 Å². The number of aryl methyl sites for hydroxylation is 1. The topological polar surface area (TPSA) is 111 Å². The second-order valence-corrected chi connectivity index (χ2v) is 5.93. The SMILES string of the molecule is COC(=O)c1c(NC(=O)c2ccnn2CC(=O)O)sc(C)c1C. The summed E-state index contributed by atoms with van der Waals surface area (Å²) in [6.45, 7) is 3.17. The van der Waals surface area contributed by atoms with Gasteiger partial charge in [-0.1, -0.05) is 0 Å². The molecule has 2 N–H and O–H groups in total. The Kier molecular flexibility index (Phi) is 4.80.